The van der Waals surface area contributed by atoms with E-state index in [0.717, 1.165) is 12.2 Å². The second-order valence-electron chi connectivity index (χ2n) is 4.05. The number of carbonyl (C=O) groups excluding carboxylic acids is 1. The minimum atomic E-state index is -0.0477. The zero-order valence-corrected chi connectivity index (χ0v) is 10.2. The Morgan fingerprint density at radius 3 is 2.44 bits per heavy atom. The summed E-state index contributed by atoms with van der Waals surface area (Å²) in [7, 11) is 1.64. The number of hydrogen-bond donors (Lipinski definition) is 2. The molecule has 0 aliphatic heterocycles. The van der Waals surface area contributed by atoms with Gasteiger partial charge in [-0.05, 0) is 30.2 Å². The van der Waals surface area contributed by atoms with Crippen LogP contribution in [0.5, 0.6) is 0 Å². The number of anilines is 1. The first kappa shape index (κ1) is 12.6. The van der Waals surface area contributed by atoms with E-state index in [9.17, 15) is 4.79 Å². The number of carbonyl (C=O) groups is 1. The van der Waals surface area contributed by atoms with Gasteiger partial charge in [0.05, 0.1) is 0 Å². The fourth-order valence-corrected chi connectivity index (χ4v) is 1.32. The molecular formula is C13H20N2O. The average molecular weight is 220 g/mol. The van der Waals surface area contributed by atoms with Gasteiger partial charge >= 0.3 is 0 Å². The van der Waals surface area contributed by atoms with Crippen LogP contribution in [-0.2, 0) is 0 Å². The Bertz CT molecular complexity index is 332. The lowest BCUT2D eigenvalue weighted by molar-refractivity contribution is 0.0963. The van der Waals surface area contributed by atoms with Crippen LogP contribution in [0, 0.1) is 5.92 Å². The highest BCUT2D eigenvalue weighted by molar-refractivity contribution is 5.94. The molecule has 1 amide bonds. The Hall–Kier alpha value is -1.51. The van der Waals surface area contributed by atoms with E-state index in [2.05, 4.69) is 24.5 Å². The van der Waals surface area contributed by atoms with Crippen LogP contribution in [0.4, 0.5) is 5.69 Å². The first-order valence-electron chi connectivity index (χ1n) is 5.73. The van der Waals surface area contributed by atoms with E-state index >= 15 is 0 Å². The SMILES string of the molecule is CCC(C)CNc1ccc(C(=O)NC)cc1. The van der Waals surface area contributed by atoms with Crippen molar-refractivity contribution in [1.29, 1.82) is 0 Å². The van der Waals surface area contributed by atoms with Gasteiger partial charge in [0.15, 0.2) is 0 Å². The molecule has 0 saturated carbocycles. The van der Waals surface area contributed by atoms with Crippen molar-refractivity contribution in [3.8, 4) is 0 Å². The fourth-order valence-electron chi connectivity index (χ4n) is 1.32. The molecule has 88 valence electrons. The van der Waals surface area contributed by atoms with E-state index in [1.807, 2.05) is 24.3 Å². The molecule has 16 heavy (non-hydrogen) atoms. The molecule has 0 spiro atoms. The van der Waals surface area contributed by atoms with Gasteiger partial charge in [0.2, 0.25) is 0 Å². The first-order valence-corrected chi connectivity index (χ1v) is 5.73. The summed E-state index contributed by atoms with van der Waals surface area (Å²) in [6.45, 7) is 5.36. The Balaban J connectivity index is 2.54. The van der Waals surface area contributed by atoms with Crippen molar-refractivity contribution < 1.29 is 4.79 Å². The van der Waals surface area contributed by atoms with Crippen molar-refractivity contribution >= 4 is 11.6 Å². The molecule has 0 aliphatic rings. The highest BCUT2D eigenvalue weighted by atomic mass is 16.1. The van der Waals surface area contributed by atoms with Crippen molar-refractivity contribution in [3.05, 3.63) is 29.8 Å². The molecule has 2 N–H and O–H groups in total. The van der Waals surface area contributed by atoms with Crippen LogP contribution in [0.25, 0.3) is 0 Å². The standard InChI is InChI=1S/C13H20N2O/c1-4-10(2)9-15-12-7-5-11(6-8-12)13(16)14-3/h5-8,10,15H,4,9H2,1-3H3,(H,14,16). The minimum Gasteiger partial charge on any atom is -0.385 e. The molecule has 1 rings (SSSR count). The summed E-state index contributed by atoms with van der Waals surface area (Å²) in [5.41, 5.74) is 1.75. The van der Waals surface area contributed by atoms with E-state index < -0.39 is 0 Å². The third kappa shape index (κ3) is 3.57. The maximum absolute atomic E-state index is 11.3. The Morgan fingerprint density at radius 2 is 1.94 bits per heavy atom. The molecule has 0 aliphatic carbocycles. The van der Waals surface area contributed by atoms with Gasteiger partial charge in [-0.15, -0.1) is 0 Å². The quantitative estimate of drug-likeness (QED) is 0.800. The lowest BCUT2D eigenvalue weighted by Crippen LogP contribution is -2.17. The summed E-state index contributed by atoms with van der Waals surface area (Å²) < 4.78 is 0. The van der Waals surface area contributed by atoms with Crippen LogP contribution >= 0.6 is 0 Å². The topological polar surface area (TPSA) is 41.1 Å². The molecule has 0 fully saturated rings. The summed E-state index contributed by atoms with van der Waals surface area (Å²) in [6, 6.07) is 7.54. The highest BCUT2D eigenvalue weighted by Gasteiger charge is 2.02. The van der Waals surface area contributed by atoms with Crippen LogP contribution in [0.3, 0.4) is 0 Å². The number of benzene rings is 1. The van der Waals surface area contributed by atoms with Gasteiger partial charge in [-0.2, -0.15) is 0 Å². The molecule has 3 heteroatoms. The van der Waals surface area contributed by atoms with Gasteiger partial charge in [-0.1, -0.05) is 20.3 Å². The molecule has 1 aromatic carbocycles. The molecule has 1 atom stereocenters. The number of nitrogens with one attached hydrogen (secondary N) is 2. The summed E-state index contributed by atoms with van der Waals surface area (Å²) in [5.74, 6) is 0.618. The number of amides is 1. The van der Waals surface area contributed by atoms with Gasteiger partial charge < -0.3 is 10.6 Å². The summed E-state index contributed by atoms with van der Waals surface area (Å²) in [5, 5.41) is 5.95. The van der Waals surface area contributed by atoms with E-state index in [0.29, 0.717) is 11.5 Å². The molecule has 0 aromatic heterocycles. The van der Waals surface area contributed by atoms with Gasteiger partial charge in [0, 0.05) is 24.8 Å². The van der Waals surface area contributed by atoms with Crippen LogP contribution < -0.4 is 10.6 Å². The fraction of sp³-hybridized carbons (Fsp3) is 0.462. The summed E-state index contributed by atoms with van der Waals surface area (Å²) in [6.07, 6.45) is 1.17. The summed E-state index contributed by atoms with van der Waals surface area (Å²) in [4.78, 5) is 11.3. The van der Waals surface area contributed by atoms with E-state index in [1.165, 1.54) is 6.42 Å². The molecule has 0 saturated heterocycles. The number of rotatable bonds is 5. The summed E-state index contributed by atoms with van der Waals surface area (Å²) >= 11 is 0. The predicted molar refractivity (Wildman–Crippen MR) is 67.8 cm³/mol. The van der Waals surface area contributed by atoms with Crippen molar-refractivity contribution in [2.24, 2.45) is 5.92 Å². The van der Waals surface area contributed by atoms with E-state index in [1.54, 1.807) is 7.05 Å². The normalized spacial score (nSPS) is 11.9. The Kier molecular flexibility index (Phi) is 4.83. The Morgan fingerprint density at radius 1 is 1.31 bits per heavy atom. The average Bonchev–Trinajstić information content (AvgIpc) is 2.35. The minimum absolute atomic E-state index is 0.0477. The van der Waals surface area contributed by atoms with Crippen LogP contribution in [-0.4, -0.2) is 19.5 Å². The zero-order valence-electron chi connectivity index (χ0n) is 10.2. The molecule has 1 aromatic rings. The molecule has 3 nitrogen and oxygen atoms in total. The third-order valence-corrected chi connectivity index (χ3v) is 2.73. The van der Waals surface area contributed by atoms with Gasteiger partial charge in [0.25, 0.3) is 5.91 Å². The first-order chi connectivity index (χ1) is 7.67. The van der Waals surface area contributed by atoms with Crippen LogP contribution in [0.1, 0.15) is 30.6 Å². The third-order valence-electron chi connectivity index (χ3n) is 2.73. The van der Waals surface area contributed by atoms with Gasteiger partial charge in [-0.25, -0.2) is 0 Å². The smallest absolute Gasteiger partial charge is 0.251 e. The monoisotopic (exact) mass is 220 g/mol. The van der Waals surface area contributed by atoms with Crippen molar-refractivity contribution in [2.45, 2.75) is 20.3 Å². The molecule has 0 heterocycles. The van der Waals surface area contributed by atoms with Crippen molar-refractivity contribution in [2.75, 3.05) is 18.9 Å². The number of hydrogen-bond acceptors (Lipinski definition) is 2. The van der Waals surface area contributed by atoms with Crippen LogP contribution in [0.15, 0.2) is 24.3 Å². The van der Waals surface area contributed by atoms with E-state index in [4.69, 9.17) is 0 Å². The van der Waals surface area contributed by atoms with Gasteiger partial charge in [0.1, 0.15) is 0 Å². The lowest BCUT2D eigenvalue weighted by Gasteiger charge is -2.11. The van der Waals surface area contributed by atoms with Crippen molar-refractivity contribution in [3.63, 3.8) is 0 Å². The van der Waals surface area contributed by atoms with Crippen molar-refractivity contribution in [1.82, 2.24) is 5.32 Å². The maximum Gasteiger partial charge on any atom is 0.251 e. The zero-order chi connectivity index (χ0) is 12.0. The second-order valence-corrected chi connectivity index (χ2v) is 4.05. The second kappa shape index (κ2) is 6.16. The van der Waals surface area contributed by atoms with Crippen LogP contribution in [0.2, 0.25) is 0 Å². The van der Waals surface area contributed by atoms with Gasteiger partial charge in [-0.3, -0.25) is 4.79 Å². The maximum atomic E-state index is 11.3. The molecule has 0 radical (unpaired) electrons. The largest absolute Gasteiger partial charge is 0.385 e. The lowest BCUT2D eigenvalue weighted by atomic mass is 10.1. The molecule has 0 bridgehead atoms. The molecule has 1 unspecified atom stereocenters. The van der Waals surface area contributed by atoms with E-state index in [-0.39, 0.29) is 5.91 Å². The Labute approximate surface area is 97.2 Å². The molecular weight excluding hydrogens is 200 g/mol. The highest BCUT2D eigenvalue weighted by Crippen LogP contribution is 2.11. The predicted octanol–water partition coefficient (Wildman–Crippen LogP) is 2.50.